The van der Waals surface area contributed by atoms with Gasteiger partial charge in [0.2, 0.25) is 5.91 Å². The predicted octanol–water partition coefficient (Wildman–Crippen LogP) is 10.0. The topological polar surface area (TPSA) is 50.8 Å². The summed E-state index contributed by atoms with van der Waals surface area (Å²) in [6.07, 6.45) is 12.4. The van der Waals surface area contributed by atoms with Gasteiger partial charge in [-0.2, -0.15) is 0 Å². The van der Waals surface area contributed by atoms with Gasteiger partial charge in [-0.3, -0.25) is 9.69 Å². The summed E-state index contributed by atoms with van der Waals surface area (Å²) in [6.45, 7) is 2.72. The minimum absolute atomic E-state index is 0. The van der Waals surface area contributed by atoms with Crippen molar-refractivity contribution in [3.8, 4) is 11.5 Å². The lowest BCUT2D eigenvalue weighted by atomic mass is 9.68. The summed E-state index contributed by atoms with van der Waals surface area (Å²) in [5.41, 5.74) is 6.30. The van der Waals surface area contributed by atoms with Crippen LogP contribution >= 0.6 is 12.4 Å². The fourth-order valence-corrected chi connectivity index (χ4v) is 8.86. The molecule has 1 N–H and O–H groups in total. The molecule has 0 spiro atoms. The highest BCUT2D eigenvalue weighted by atomic mass is 35.5. The van der Waals surface area contributed by atoms with Gasteiger partial charge in [0.05, 0.1) is 14.2 Å². The van der Waals surface area contributed by atoms with Gasteiger partial charge >= 0.3 is 0 Å². The molecule has 0 aromatic heterocycles. The predicted molar refractivity (Wildman–Crippen MR) is 211 cm³/mol. The maximum Gasteiger partial charge on any atom is 0.220 e. The smallest absolute Gasteiger partial charge is 0.220 e. The number of amides is 1. The van der Waals surface area contributed by atoms with Crippen molar-refractivity contribution in [2.24, 2.45) is 5.92 Å². The SMILES string of the molecule is COc1cc2c(cc1OC)C(C1CCCCC1)N(CCCC(CCCNC(=O)CCc1ccc(F)cc1)(c1ccccc1)c1ccccc1)CC2.Cl. The van der Waals surface area contributed by atoms with Gasteiger partial charge in [0, 0.05) is 31.0 Å². The minimum atomic E-state index is -0.254. The van der Waals surface area contributed by atoms with Crippen molar-refractivity contribution in [2.45, 2.75) is 88.5 Å². The number of fused-ring (bicyclic) bond motifs is 1. The molecule has 7 heteroatoms. The summed E-state index contributed by atoms with van der Waals surface area (Å²) in [5.74, 6) is 2.09. The van der Waals surface area contributed by atoms with Gasteiger partial charge in [-0.05, 0) is 116 Å². The Morgan fingerprint density at radius 3 is 2.08 bits per heavy atom. The third-order valence-electron chi connectivity index (χ3n) is 11.5. The lowest BCUT2D eigenvalue weighted by Crippen LogP contribution is -2.41. The minimum Gasteiger partial charge on any atom is -0.493 e. The highest BCUT2D eigenvalue weighted by Gasteiger charge is 2.37. The van der Waals surface area contributed by atoms with Crippen LogP contribution in [-0.2, 0) is 23.1 Å². The van der Waals surface area contributed by atoms with E-state index in [4.69, 9.17) is 9.47 Å². The first-order valence-corrected chi connectivity index (χ1v) is 19.1. The average Bonchev–Trinajstić information content (AvgIpc) is 3.18. The highest BCUT2D eigenvalue weighted by molar-refractivity contribution is 5.85. The Morgan fingerprint density at radius 1 is 0.827 bits per heavy atom. The summed E-state index contributed by atoms with van der Waals surface area (Å²) in [7, 11) is 3.47. The number of carbonyl (C=O) groups excluding carboxylic acids is 1. The fourth-order valence-electron chi connectivity index (χ4n) is 8.86. The van der Waals surface area contributed by atoms with Crippen molar-refractivity contribution in [1.82, 2.24) is 10.2 Å². The quantitative estimate of drug-likeness (QED) is 0.117. The van der Waals surface area contributed by atoms with Crippen LogP contribution in [0.5, 0.6) is 11.5 Å². The van der Waals surface area contributed by atoms with E-state index in [1.807, 2.05) is 0 Å². The normalized spacial score (nSPS) is 16.4. The van der Waals surface area contributed by atoms with E-state index >= 15 is 0 Å². The van der Waals surface area contributed by atoms with Crippen LogP contribution in [0.3, 0.4) is 0 Å². The van der Waals surface area contributed by atoms with Crippen molar-refractivity contribution in [3.63, 3.8) is 0 Å². The first-order valence-electron chi connectivity index (χ1n) is 19.1. The lowest BCUT2D eigenvalue weighted by molar-refractivity contribution is -0.121. The summed E-state index contributed by atoms with van der Waals surface area (Å²) in [5, 5.41) is 3.18. The summed E-state index contributed by atoms with van der Waals surface area (Å²) in [4.78, 5) is 15.6. The van der Waals surface area contributed by atoms with Crippen LogP contribution in [0.15, 0.2) is 97.1 Å². The van der Waals surface area contributed by atoms with E-state index in [-0.39, 0.29) is 29.5 Å². The standard InChI is InChI=1S/C45H55FN2O3.ClH/c1-50-41-32-36-26-31-48(44(35-14-6-3-7-15-35)40(36)33-42(41)51-2)30-13-28-45(37-16-8-4-9-17-37,38-18-10-5-11-19-38)27-12-29-47-43(49)25-22-34-20-23-39(46)24-21-34;/h4-5,8-11,16-21,23-24,32-33,35,44H,3,6-7,12-15,22,25-31H2,1-2H3,(H,47,49);1H. The van der Waals surface area contributed by atoms with Crippen molar-refractivity contribution >= 4 is 18.3 Å². The third-order valence-corrected chi connectivity index (χ3v) is 11.5. The van der Waals surface area contributed by atoms with Crippen LogP contribution in [0.4, 0.5) is 4.39 Å². The van der Waals surface area contributed by atoms with Crippen LogP contribution in [0.2, 0.25) is 0 Å². The molecule has 0 radical (unpaired) electrons. The molecule has 1 unspecified atom stereocenters. The number of benzene rings is 4. The summed E-state index contributed by atoms with van der Waals surface area (Å²) < 4.78 is 24.8. The Balaban J connectivity index is 0.00000523. The number of ether oxygens (including phenoxy) is 2. The van der Waals surface area contributed by atoms with Crippen molar-refractivity contribution in [2.75, 3.05) is 33.9 Å². The molecule has 1 fully saturated rings. The molecule has 4 aromatic carbocycles. The molecule has 2 aliphatic rings. The summed E-state index contributed by atoms with van der Waals surface area (Å²) in [6, 6.07) is 33.3. The number of nitrogens with one attached hydrogen (secondary N) is 1. The van der Waals surface area contributed by atoms with Gasteiger partial charge in [-0.15, -0.1) is 12.4 Å². The average molecular weight is 727 g/mol. The molecule has 1 aliphatic heterocycles. The molecule has 1 atom stereocenters. The fraction of sp³-hybridized carbons (Fsp3) is 0.444. The van der Waals surface area contributed by atoms with E-state index < -0.39 is 0 Å². The first kappa shape index (κ1) is 39.3. The number of hydrogen-bond acceptors (Lipinski definition) is 4. The number of aryl methyl sites for hydroxylation is 1. The zero-order chi connectivity index (χ0) is 35.5. The van der Waals surface area contributed by atoms with Crippen LogP contribution in [-0.4, -0.2) is 44.7 Å². The molecule has 4 aromatic rings. The summed E-state index contributed by atoms with van der Waals surface area (Å²) >= 11 is 0. The Hall–Kier alpha value is -3.87. The molecular formula is C45H56ClFN2O3. The van der Waals surface area contributed by atoms with E-state index in [1.165, 1.54) is 66.5 Å². The van der Waals surface area contributed by atoms with Gasteiger partial charge < -0.3 is 14.8 Å². The lowest BCUT2D eigenvalue weighted by Gasteiger charge is -2.44. The molecule has 1 aliphatic carbocycles. The number of rotatable bonds is 16. The van der Waals surface area contributed by atoms with Gasteiger partial charge in [-0.1, -0.05) is 92.1 Å². The van der Waals surface area contributed by atoms with E-state index in [2.05, 4.69) is 83.0 Å². The number of hydrogen-bond donors (Lipinski definition) is 1. The van der Waals surface area contributed by atoms with Crippen LogP contribution < -0.4 is 14.8 Å². The van der Waals surface area contributed by atoms with E-state index in [0.29, 0.717) is 31.3 Å². The molecule has 278 valence electrons. The molecule has 5 nitrogen and oxygen atoms in total. The second-order valence-corrected chi connectivity index (χ2v) is 14.5. The van der Waals surface area contributed by atoms with Crippen molar-refractivity contribution in [3.05, 3.63) is 131 Å². The van der Waals surface area contributed by atoms with Gasteiger partial charge in [0.15, 0.2) is 11.5 Å². The number of carbonyl (C=O) groups is 1. The molecular weight excluding hydrogens is 671 g/mol. The molecule has 52 heavy (non-hydrogen) atoms. The zero-order valence-corrected chi connectivity index (χ0v) is 31.8. The van der Waals surface area contributed by atoms with E-state index in [9.17, 15) is 9.18 Å². The number of halogens is 2. The van der Waals surface area contributed by atoms with Crippen LogP contribution in [0.25, 0.3) is 0 Å². The molecule has 0 saturated heterocycles. The third kappa shape index (κ3) is 9.56. The van der Waals surface area contributed by atoms with Gasteiger partial charge in [0.1, 0.15) is 5.82 Å². The first-order chi connectivity index (χ1) is 25.0. The number of methoxy groups -OCH3 is 2. The van der Waals surface area contributed by atoms with Crippen LogP contribution in [0.1, 0.15) is 98.1 Å². The van der Waals surface area contributed by atoms with Gasteiger partial charge in [-0.25, -0.2) is 4.39 Å². The van der Waals surface area contributed by atoms with Gasteiger partial charge in [0.25, 0.3) is 0 Å². The molecule has 6 rings (SSSR count). The maximum atomic E-state index is 13.3. The van der Waals surface area contributed by atoms with Crippen molar-refractivity contribution < 1.29 is 18.7 Å². The molecule has 1 heterocycles. The Morgan fingerprint density at radius 2 is 1.44 bits per heavy atom. The Kier molecular flexibility index (Phi) is 14.6. The zero-order valence-electron chi connectivity index (χ0n) is 31.0. The highest BCUT2D eigenvalue weighted by Crippen LogP contribution is 2.46. The monoisotopic (exact) mass is 726 g/mol. The molecule has 0 bridgehead atoms. The number of nitrogens with zero attached hydrogens (tertiary/aromatic N) is 1. The Labute approximate surface area is 316 Å². The van der Waals surface area contributed by atoms with E-state index in [1.54, 1.807) is 26.4 Å². The maximum absolute atomic E-state index is 13.3. The van der Waals surface area contributed by atoms with Crippen molar-refractivity contribution in [1.29, 1.82) is 0 Å². The van der Waals surface area contributed by atoms with E-state index in [0.717, 1.165) is 62.3 Å². The van der Waals surface area contributed by atoms with Crippen LogP contribution in [0, 0.1) is 11.7 Å². The molecule has 1 saturated carbocycles. The second kappa shape index (κ2) is 19.3. The molecule has 1 amide bonds. The Bertz CT molecular complexity index is 1640. The largest absolute Gasteiger partial charge is 0.493 e. The second-order valence-electron chi connectivity index (χ2n) is 14.5.